The van der Waals surface area contributed by atoms with E-state index in [1.165, 1.54) is 0 Å². The van der Waals surface area contributed by atoms with Crippen LogP contribution in [0.15, 0.2) is 66.7 Å². The van der Waals surface area contributed by atoms with Gasteiger partial charge in [-0.05, 0) is 62.3 Å². The molecule has 3 aromatic rings. The lowest BCUT2D eigenvalue weighted by Crippen LogP contribution is -2.34. The molecule has 0 unspecified atom stereocenters. The van der Waals surface area contributed by atoms with Gasteiger partial charge in [0, 0.05) is 29.0 Å². The van der Waals surface area contributed by atoms with Gasteiger partial charge in [0.1, 0.15) is 24.2 Å². The number of carbonyl (C=O) groups excluding carboxylic acids is 1. The zero-order valence-electron chi connectivity index (χ0n) is 19.0. The van der Waals surface area contributed by atoms with Crippen molar-refractivity contribution in [1.82, 2.24) is 5.32 Å². The number of para-hydroxylation sites is 1. The van der Waals surface area contributed by atoms with Crippen LogP contribution in [0.4, 0.5) is 14.5 Å². The quantitative estimate of drug-likeness (QED) is 0.394. The Morgan fingerprint density at radius 2 is 1.83 bits per heavy atom. The minimum atomic E-state index is -1.13. The summed E-state index contributed by atoms with van der Waals surface area (Å²) in [5, 5.41) is 15.4. The average molecular weight is 481 g/mol. The first kappa shape index (κ1) is 24.2. The first-order valence-electron chi connectivity index (χ1n) is 11.3. The molecule has 0 atom stereocenters. The maximum absolute atomic E-state index is 13.9. The average Bonchev–Trinajstić information content (AvgIpc) is 2.87. The monoisotopic (exact) mass is 480 g/mol. The second-order valence-corrected chi connectivity index (χ2v) is 8.11. The van der Waals surface area contributed by atoms with E-state index in [1.54, 1.807) is 12.1 Å². The van der Waals surface area contributed by atoms with Crippen molar-refractivity contribution in [2.24, 2.45) is 0 Å². The van der Waals surface area contributed by atoms with Crippen LogP contribution in [0.3, 0.4) is 0 Å². The van der Waals surface area contributed by atoms with Gasteiger partial charge >= 0.3 is 0 Å². The molecule has 182 valence electrons. The number of ether oxygens (including phenoxy) is 2. The van der Waals surface area contributed by atoms with Crippen LogP contribution in [0, 0.1) is 11.6 Å². The second-order valence-electron chi connectivity index (χ2n) is 8.11. The number of hydrogen-bond acceptors (Lipinski definition) is 5. The number of amides is 1. The van der Waals surface area contributed by atoms with E-state index in [9.17, 15) is 18.7 Å². The lowest BCUT2D eigenvalue weighted by atomic mass is 10.1. The van der Waals surface area contributed by atoms with E-state index < -0.39 is 23.3 Å². The van der Waals surface area contributed by atoms with Gasteiger partial charge in [-0.15, -0.1) is 0 Å². The number of halogens is 2. The Bertz CT molecular complexity index is 1210. The van der Waals surface area contributed by atoms with Gasteiger partial charge in [0.15, 0.2) is 17.4 Å². The summed E-state index contributed by atoms with van der Waals surface area (Å²) in [5.74, 6) is -2.40. The van der Waals surface area contributed by atoms with Crippen molar-refractivity contribution < 1.29 is 28.2 Å². The molecule has 1 aliphatic heterocycles. The SMILES string of the molecule is O=C(/C=C/c1ccc(F)c(O)c1F)Nc1ccccc1COc1cccc(OC2CCNCC2)c1. The highest BCUT2D eigenvalue weighted by molar-refractivity contribution is 6.02. The van der Waals surface area contributed by atoms with Crippen molar-refractivity contribution in [2.45, 2.75) is 25.6 Å². The Morgan fingerprint density at radius 1 is 1.06 bits per heavy atom. The van der Waals surface area contributed by atoms with E-state index in [-0.39, 0.29) is 18.3 Å². The molecule has 35 heavy (non-hydrogen) atoms. The summed E-state index contributed by atoms with van der Waals surface area (Å²) in [4.78, 5) is 12.4. The Kier molecular flexibility index (Phi) is 7.95. The van der Waals surface area contributed by atoms with Crippen LogP contribution >= 0.6 is 0 Å². The molecular formula is C27H26F2N2O4. The van der Waals surface area contributed by atoms with E-state index >= 15 is 0 Å². The summed E-state index contributed by atoms with van der Waals surface area (Å²) < 4.78 is 39.1. The number of aromatic hydroxyl groups is 1. The Morgan fingerprint density at radius 3 is 2.66 bits per heavy atom. The molecule has 0 saturated carbocycles. The molecule has 1 aliphatic rings. The van der Waals surface area contributed by atoms with Crippen molar-refractivity contribution in [1.29, 1.82) is 0 Å². The van der Waals surface area contributed by atoms with E-state index in [2.05, 4.69) is 10.6 Å². The molecule has 3 N–H and O–H groups in total. The molecule has 4 rings (SSSR count). The molecule has 1 saturated heterocycles. The van der Waals surface area contributed by atoms with Crippen molar-refractivity contribution >= 4 is 17.7 Å². The lowest BCUT2D eigenvalue weighted by Gasteiger charge is -2.24. The zero-order chi connectivity index (χ0) is 24.6. The predicted molar refractivity (Wildman–Crippen MR) is 129 cm³/mol. The molecule has 3 aromatic carbocycles. The summed E-state index contributed by atoms with van der Waals surface area (Å²) in [7, 11) is 0. The molecule has 1 heterocycles. The van der Waals surface area contributed by atoms with E-state index in [1.807, 2.05) is 36.4 Å². The van der Waals surface area contributed by atoms with Gasteiger partial charge in [0.2, 0.25) is 5.91 Å². The smallest absolute Gasteiger partial charge is 0.248 e. The van der Waals surface area contributed by atoms with Crippen molar-refractivity contribution in [3.63, 3.8) is 0 Å². The number of rotatable bonds is 8. The molecule has 8 heteroatoms. The standard InChI is InChI=1S/C27H26F2N2O4/c28-23-10-8-18(26(29)27(23)33)9-11-25(32)31-24-7-2-1-4-19(24)17-34-21-5-3-6-22(16-21)35-20-12-14-30-15-13-20/h1-11,16,20,30,33H,12-15,17H2,(H,31,32)/b11-9+. The van der Waals surface area contributed by atoms with Gasteiger partial charge in [-0.25, -0.2) is 8.78 Å². The number of piperidine rings is 1. The highest BCUT2D eigenvalue weighted by Gasteiger charge is 2.15. The molecule has 0 spiro atoms. The Balaban J connectivity index is 1.37. The Hall–Kier alpha value is -3.91. The van der Waals surface area contributed by atoms with Gasteiger partial charge in [-0.2, -0.15) is 0 Å². The van der Waals surface area contributed by atoms with Gasteiger partial charge in [0.25, 0.3) is 0 Å². The maximum atomic E-state index is 13.9. The summed E-state index contributed by atoms with van der Waals surface area (Å²) >= 11 is 0. The normalized spacial score (nSPS) is 14.1. The van der Waals surface area contributed by atoms with Gasteiger partial charge in [-0.1, -0.05) is 24.3 Å². The number of carbonyl (C=O) groups is 1. The molecule has 1 amide bonds. The number of nitrogens with one attached hydrogen (secondary N) is 2. The third-order valence-corrected chi connectivity index (χ3v) is 5.58. The first-order valence-corrected chi connectivity index (χ1v) is 11.3. The number of hydrogen-bond donors (Lipinski definition) is 3. The Labute approximate surface area is 202 Å². The third kappa shape index (κ3) is 6.58. The fraction of sp³-hybridized carbons (Fsp3) is 0.222. The van der Waals surface area contributed by atoms with Crippen LogP contribution in [0.5, 0.6) is 17.2 Å². The van der Waals surface area contributed by atoms with E-state index in [4.69, 9.17) is 9.47 Å². The fourth-order valence-electron chi connectivity index (χ4n) is 3.70. The highest BCUT2D eigenvalue weighted by atomic mass is 19.1. The summed E-state index contributed by atoms with van der Waals surface area (Å²) in [6.07, 6.45) is 4.37. The fourth-order valence-corrected chi connectivity index (χ4v) is 3.70. The molecule has 6 nitrogen and oxygen atoms in total. The largest absolute Gasteiger partial charge is 0.503 e. The second kappa shape index (κ2) is 11.5. The minimum Gasteiger partial charge on any atom is -0.503 e. The summed E-state index contributed by atoms with van der Waals surface area (Å²) in [6, 6.07) is 16.7. The van der Waals surface area contributed by atoms with Crippen LogP contribution in [0.2, 0.25) is 0 Å². The number of phenolic OH excluding ortho intramolecular Hbond substituents is 1. The minimum absolute atomic E-state index is 0.109. The number of anilines is 1. The van der Waals surface area contributed by atoms with Crippen LogP contribution in [-0.2, 0) is 11.4 Å². The number of benzene rings is 3. The van der Waals surface area contributed by atoms with Crippen molar-refractivity contribution in [2.75, 3.05) is 18.4 Å². The lowest BCUT2D eigenvalue weighted by molar-refractivity contribution is -0.111. The van der Waals surface area contributed by atoms with Crippen molar-refractivity contribution in [3.8, 4) is 17.2 Å². The van der Waals surface area contributed by atoms with Crippen LogP contribution in [-0.4, -0.2) is 30.2 Å². The predicted octanol–water partition coefficient (Wildman–Crippen LogP) is 5.03. The molecule has 0 radical (unpaired) electrons. The van der Waals surface area contributed by atoms with Gasteiger partial charge in [0.05, 0.1) is 0 Å². The highest BCUT2D eigenvalue weighted by Crippen LogP contribution is 2.25. The third-order valence-electron chi connectivity index (χ3n) is 5.58. The van der Waals surface area contributed by atoms with Crippen LogP contribution < -0.4 is 20.1 Å². The first-order chi connectivity index (χ1) is 17.0. The topological polar surface area (TPSA) is 79.8 Å². The van der Waals surface area contributed by atoms with E-state index in [0.29, 0.717) is 11.4 Å². The van der Waals surface area contributed by atoms with Crippen LogP contribution in [0.25, 0.3) is 6.08 Å². The van der Waals surface area contributed by atoms with Crippen molar-refractivity contribution in [3.05, 3.63) is 89.5 Å². The van der Waals surface area contributed by atoms with Gasteiger partial charge in [-0.3, -0.25) is 4.79 Å². The zero-order valence-corrected chi connectivity index (χ0v) is 19.0. The van der Waals surface area contributed by atoms with Gasteiger partial charge < -0.3 is 25.2 Å². The molecule has 1 fully saturated rings. The van der Waals surface area contributed by atoms with E-state index in [0.717, 1.165) is 61.5 Å². The summed E-state index contributed by atoms with van der Waals surface area (Å²) in [6.45, 7) is 2.09. The number of phenols is 1. The maximum Gasteiger partial charge on any atom is 0.248 e. The molecule has 0 bridgehead atoms. The summed E-state index contributed by atoms with van der Waals surface area (Å²) in [5.41, 5.74) is 1.17. The van der Waals surface area contributed by atoms with Crippen LogP contribution in [0.1, 0.15) is 24.0 Å². The molecular weight excluding hydrogens is 454 g/mol. The molecule has 0 aliphatic carbocycles. The molecule has 0 aromatic heterocycles.